The van der Waals surface area contributed by atoms with Gasteiger partial charge in [-0.2, -0.15) is 0 Å². The summed E-state index contributed by atoms with van der Waals surface area (Å²) in [5, 5.41) is 13.4. The molecule has 0 atom stereocenters. The number of nitrogens with one attached hydrogen (secondary N) is 1. The second kappa shape index (κ2) is 4.91. The highest BCUT2D eigenvalue weighted by Gasteiger charge is 2.12. The molecule has 6 heteroatoms. The molecule has 0 unspecified atom stereocenters. The number of carbonyl (C=O) groups excluding carboxylic acids is 1. The van der Waals surface area contributed by atoms with Crippen LogP contribution in [0.1, 0.15) is 10.5 Å². The van der Waals surface area contributed by atoms with Gasteiger partial charge in [0, 0.05) is 11.9 Å². The van der Waals surface area contributed by atoms with Crippen molar-refractivity contribution in [3.63, 3.8) is 0 Å². The summed E-state index contributed by atoms with van der Waals surface area (Å²) in [5.41, 5.74) is 0.338. The monoisotopic (exact) mass is 238 g/mol. The van der Waals surface area contributed by atoms with Crippen molar-refractivity contribution in [1.29, 1.82) is 0 Å². The molecule has 2 rings (SSSR count). The first-order valence-electron chi connectivity index (χ1n) is 4.69. The fraction of sp³-hybridized carbons (Fsp3) is 0.200. The third kappa shape index (κ3) is 2.29. The van der Waals surface area contributed by atoms with Gasteiger partial charge in [-0.05, 0) is 12.1 Å². The van der Waals surface area contributed by atoms with E-state index in [2.05, 4.69) is 10.3 Å². The highest BCUT2D eigenvalue weighted by atomic mass is 32.1. The summed E-state index contributed by atoms with van der Waals surface area (Å²) in [6.07, 6.45) is 1.56. The molecule has 0 radical (unpaired) electrons. The van der Waals surface area contributed by atoms with Crippen molar-refractivity contribution < 1.29 is 14.3 Å². The highest BCUT2D eigenvalue weighted by Crippen LogP contribution is 2.23. The summed E-state index contributed by atoms with van der Waals surface area (Å²) in [5.74, 6) is 0.356. The van der Waals surface area contributed by atoms with E-state index >= 15 is 0 Å². The van der Waals surface area contributed by atoms with Gasteiger partial charge in [-0.15, -0.1) is 11.3 Å². The molecule has 0 saturated heterocycles. The summed E-state index contributed by atoms with van der Waals surface area (Å²) in [6.45, 7) is 0.146. The van der Waals surface area contributed by atoms with E-state index in [0.29, 0.717) is 16.5 Å². The van der Waals surface area contributed by atoms with Gasteiger partial charge in [-0.1, -0.05) is 0 Å². The normalized spacial score (nSPS) is 10.3. The molecule has 0 fully saturated rings. The van der Waals surface area contributed by atoms with Crippen molar-refractivity contribution >= 4 is 17.2 Å². The molecule has 0 aliphatic heterocycles. The van der Waals surface area contributed by atoms with Crippen molar-refractivity contribution in [2.75, 3.05) is 13.2 Å². The summed E-state index contributed by atoms with van der Waals surface area (Å²) in [7, 11) is 0. The first-order chi connectivity index (χ1) is 7.81. The average Bonchev–Trinajstić information content (AvgIpc) is 2.94. The molecule has 16 heavy (non-hydrogen) atoms. The van der Waals surface area contributed by atoms with E-state index < -0.39 is 0 Å². The lowest BCUT2D eigenvalue weighted by atomic mass is 10.4. The van der Waals surface area contributed by atoms with Crippen LogP contribution in [0.5, 0.6) is 0 Å². The number of aliphatic hydroxyl groups is 1. The van der Waals surface area contributed by atoms with E-state index in [1.165, 1.54) is 11.3 Å². The minimum atomic E-state index is -0.289. The standard InChI is InChI=1S/C10H10N2O3S/c13-4-3-11-9(14)7-6-16-10(12-7)8-2-1-5-15-8/h1-2,5-6,13H,3-4H2,(H,11,14). The molecule has 0 bridgehead atoms. The van der Waals surface area contributed by atoms with E-state index in [9.17, 15) is 4.79 Å². The number of thiazole rings is 1. The fourth-order valence-electron chi connectivity index (χ4n) is 1.15. The van der Waals surface area contributed by atoms with E-state index in [1.807, 2.05) is 0 Å². The van der Waals surface area contributed by atoms with Crippen LogP contribution in [0, 0.1) is 0 Å². The van der Waals surface area contributed by atoms with Crippen molar-refractivity contribution in [3.05, 3.63) is 29.5 Å². The maximum atomic E-state index is 11.5. The average molecular weight is 238 g/mol. The molecule has 2 N–H and O–H groups in total. The van der Waals surface area contributed by atoms with Gasteiger partial charge in [0.05, 0.1) is 12.9 Å². The molecule has 2 aromatic rings. The lowest BCUT2D eigenvalue weighted by molar-refractivity contribution is 0.0940. The third-order valence-electron chi connectivity index (χ3n) is 1.87. The first-order valence-corrected chi connectivity index (χ1v) is 5.57. The van der Waals surface area contributed by atoms with Crippen LogP contribution in [-0.4, -0.2) is 29.1 Å². The van der Waals surface area contributed by atoms with Crippen molar-refractivity contribution in [3.8, 4) is 10.8 Å². The van der Waals surface area contributed by atoms with Crippen LogP contribution in [0.15, 0.2) is 28.2 Å². The molecule has 2 aromatic heterocycles. The number of hydrogen-bond donors (Lipinski definition) is 2. The van der Waals surface area contributed by atoms with Gasteiger partial charge in [0.15, 0.2) is 10.8 Å². The van der Waals surface area contributed by atoms with Crippen LogP contribution in [0.3, 0.4) is 0 Å². The Labute approximate surface area is 95.7 Å². The predicted octanol–water partition coefficient (Wildman–Crippen LogP) is 1.13. The molecule has 0 aromatic carbocycles. The SMILES string of the molecule is O=C(NCCO)c1csc(-c2ccco2)n1. The molecular formula is C10H10N2O3S. The number of rotatable bonds is 4. The lowest BCUT2D eigenvalue weighted by Gasteiger charge is -1.98. The van der Waals surface area contributed by atoms with E-state index in [-0.39, 0.29) is 19.1 Å². The Hall–Kier alpha value is -1.66. The van der Waals surface area contributed by atoms with Crippen LogP contribution < -0.4 is 5.32 Å². The zero-order chi connectivity index (χ0) is 11.4. The number of hydrogen-bond acceptors (Lipinski definition) is 5. The van der Waals surface area contributed by atoms with E-state index in [1.54, 1.807) is 23.8 Å². The Kier molecular flexibility index (Phi) is 3.33. The third-order valence-corrected chi connectivity index (χ3v) is 2.72. The van der Waals surface area contributed by atoms with E-state index in [4.69, 9.17) is 9.52 Å². The van der Waals surface area contributed by atoms with E-state index in [0.717, 1.165) is 0 Å². The molecule has 84 valence electrons. The van der Waals surface area contributed by atoms with Crippen LogP contribution in [0.4, 0.5) is 0 Å². The second-order valence-electron chi connectivity index (χ2n) is 2.99. The lowest BCUT2D eigenvalue weighted by Crippen LogP contribution is -2.26. The Bertz CT molecular complexity index is 464. The largest absolute Gasteiger partial charge is 0.462 e. The number of nitrogens with zero attached hydrogens (tertiary/aromatic N) is 1. The predicted molar refractivity (Wildman–Crippen MR) is 59.2 cm³/mol. The van der Waals surface area contributed by atoms with Crippen molar-refractivity contribution in [1.82, 2.24) is 10.3 Å². The van der Waals surface area contributed by atoms with Crippen LogP contribution in [-0.2, 0) is 0 Å². The Morgan fingerprint density at radius 2 is 2.50 bits per heavy atom. The number of aromatic nitrogens is 1. The molecule has 0 aliphatic rings. The van der Waals surface area contributed by atoms with Gasteiger partial charge in [0.1, 0.15) is 5.69 Å². The number of aliphatic hydroxyl groups excluding tert-OH is 1. The molecule has 0 aliphatic carbocycles. The maximum absolute atomic E-state index is 11.5. The smallest absolute Gasteiger partial charge is 0.270 e. The van der Waals surface area contributed by atoms with Gasteiger partial charge in [0.2, 0.25) is 0 Å². The summed E-state index contributed by atoms with van der Waals surface area (Å²) in [4.78, 5) is 15.6. The van der Waals surface area contributed by atoms with Crippen molar-refractivity contribution in [2.45, 2.75) is 0 Å². The first kappa shape index (κ1) is 10.8. The number of carbonyl (C=O) groups is 1. The van der Waals surface area contributed by atoms with Gasteiger partial charge in [-0.25, -0.2) is 4.98 Å². The fourth-order valence-corrected chi connectivity index (χ4v) is 1.92. The van der Waals surface area contributed by atoms with Crippen molar-refractivity contribution in [2.24, 2.45) is 0 Å². The molecule has 0 spiro atoms. The summed E-state index contributed by atoms with van der Waals surface area (Å²) < 4.78 is 5.17. The summed E-state index contributed by atoms with van der Waals surface area (Å²) >= 11 is 1.34. The van der Waals surface area contributed by atoms with Crippen LogP contribution in [0.2, 0.25) is 0 Å². The highest BCUT2D eigenvalue weighted by molar-refractivity contribution is 7.13. The zero-order valence-electron chi connectivity index (χ0n) is 8.34. The molecule has 1 amide bonds. The summed E-state index contributed by atoms with van der Waals surface area (Å²) in [6, 6.07) is 3.55. The second-order valence-corrected chi connectivity index (χ2v) is 3.85. The van der Waals surface area contributed by atoms with Crippen LogP contribution >= 0.6 is 11.3 Å². The Morgan fingerprint density at radius 3 is 3.19 bits per heavy atom. The minimum absolute atomic E-state index is 0.0824. The van der Waals surface area contributed by atoms with Gasteiger partial charge in [0.25, 0.3) is 5.91 Å². The van der Waals surface area contributed by atoms with Gasteiger partial charge in [-0.3, -0.25) is 4.79 Å². The van der Waals surface area contributed by atoms with Gasteiger partial charge < -0.3 is 14.8 Å². The van der Waals surface area contributed by atoms with Gasteiger partial charge >= 0.3 is 0 Å². The number of furan rings is 1. The zero-order valence-corrected chi connectivity index (χ0v) is 9.16. The maximum Gasteiger partial charge on any atom is 0.270 e. The number of amides is 1. The minimum Gasteiger partial charge on any atom is -0.462 e. The topological polar surface area (TPSA) is 75.4 Å². The quantitative estimate of drug-likeness (QED) is 0.837. The molecule has 5 nitrogen and oxygen atoms in total. The Balaban J connectivity index is 2.11. The molecule has 0 saturated carbocycles. The Morgan fingerprint density at radius 1 is 1.62 bits per heavy atom. The molecule has 2 heterocycles. The molecular weight excluding hydrogens is 228 g/mol. The van der Waals surface area contributed by atoms with Crippen LogP contribution in [0.25, 0.3) is 10.8 Å².